The molecule has 0 spiro atoms. The number of allylic oxidation sites excluding steroid dienone is 7. The summed E-state index contributed by atoms with van der Waals surface area (Å²) in [5.74, 6) is 0. The number of fused-ring (bicyclic) bond motifs is 1. The smallest absolute Gasteiger partial charge is 0.0154 e. The molecule has 1 aromatic carbocycles. The number of hydrogen-bond donors (Lipinski definition) is 0. The van der Waals surface area contributed by atoms with Crippen LogP contribution in [-0.4, -0.2) is 0 Å². The fourth-order valence-electron chi connectivity index (χ4n) is 2.21. The first kappa shape index (κ1) is 12.6. The number of rotatable bonds is 1. The zero-order valence-electron chi connectivity index (χ0n) is 11.6. The Balaban J connectivity index is 2.55. The van der Waals surface area contributed by atoms with E-state index in [2.05, 4.69) is 76.3 Å². The molecule has 0 saturated carbocycles. The van der Waals surface area contributed by atoms with Gasteiger partial charge < -0.3 is 0 Å². The Labute approximate surface area is 110 Å². The van der Waals surface area contributed by atoms with Crippen LogP contribution in [0.4, 0.5) is 0 Å². The molecule has 0 bridgehead atoms. The molecular formula is C18H20. The highest BCUT2D eigenvalue weighted by molar-refractivity contribution is 5.77. The third kappa shape index (κ3) is 2.53. The number of hydrogen-bond acceptors (Lipinski definition) is 0. The van der Waals surface area contributed by atoms with Crippen molar-refractivity contribution in [2.75, 3.05) is 0 Å². The van der Waals surface area contributed by atoms with E-state index in [1.54, 1.807) is 0 Å². The van der Waals surface area contributed by atoms with Crippen LogP contribution in [0.15, 0.2) is 53.6 Å². The van der Waals surface area contributed by atoms with Crippen LogP contribution in [0.1, 0.15) is 37.5 Å². The van der Waals surface area contributed by atoms with Gasteiger partial charge in [-0.1, -0.05) is 54.1 Å². The Morgan fingerprint density at radius 3 is 2.67 bits per heavy atom. The SMILES string of the molecule is C/C=C(C)/C1=C/C=C/c2cc(C)ccc2/C(C)=C\1. The third-order valence-electron chi connectivity index (χ3n) is 3.44. The summed E-state index contributed by atoms with van der Waals surface area (Å²) in [6.45, 7) is 8.56. The van der Waals surface area contributed by atoms with Crippen LogP contribution in [-0.2, 0) is 0 Å². The van der Waals surface area contributed by atoms with Crippen LogP contribution in [0.2, 0.25) is 0 Å². The summed E-state index contributed by atoms with van der Waals surface area (Å²) in [5.41, 5.74) is 7.86. The van der Waals surface area contributed by atoms with Crippen LogP contribution in [0.25, 0.3) is 11.6 Å². The second kappa shape index (κ2) is 5.22. The van der Waals surface area contributed by atoms with Gasteiger partial charge in [0.15, 0.2) is 0 Å². The van der Waals surface area contributed by atoms with Crippen LogP contribution in [0, 0.1) is 6.92 Å². The fourth-order valence-corrected chi connectivity index (χ4v) is 2.21. The van der Waals surface area contributed by atoms with Crippen molar-refractivity contribution in [1.82, 2.24) is 0 Å². The summed E-state index contributed by atoms with van der Waals surface area (Å²) in [6, 6.07) is 6.64. The predicted octanol–water partition coefficient (Wildman–Crippen LogP) is 5.32. The first-order valence-corrected chi connectivity index (χ1v) is 6.43. The Kier molecular flexibility index (Phi) is 3.66. The minimum Gasteiger partial charge on any atom is -0.0841 e. The Morgan fingerprint density at radius 2 is 1.94 bits per heavy atom. The molecule has 0 N–H and O–H groups in total. The highest BCUT2D eigenvalue weighted by atomic mass is 14.1. The maximum Gasteiger partial charge on any atom is -0.0154 e. The first-order chi connectivity index (χ1) is 8.61. The molecule has 2 rings (SSSR count). The van der Waals surface area contributed by atoms with Gasteiger partial charge in [0.05, 0.1) is 0 Å². The maximum atomic E-state index is 2.27. The maximum absolute atomic E-state index is 2.27. The van der Waals surface area contributed by atoms with Crippen LogP contribution >= 0.6 is 0 Å². The van der Waals surface area contributed by atoms with Crippen molar-refractivity contribution in [1.29, 1.82) is 0 Å². The summed E-state index contributed by atoms with van der Waals surface area (Å²) in [7, 11) is 0. The molecule has 0 nitrogen and oxygen atoms in total. The average molecular weight is 236 g/mol. The molecule has 1 aliphatic carbocycles. The monoisotopic (exact) mass is 236 g/mol. The van der Waals surface area contributed by atoms with Gasteiger partial charge in [0.2, 0.25) is 0 Å². The topological polar surface area (TPSA) is 0 Å². The van der Waals surface area contributed by atoms with Crippen molar-refractivity contribution >= 4 is 11.6 Å². The number of benzene rings is 1. The lowest BCUT2D eigenvalue weighted by atomic mass is 9.93. The van der Waals surface area contributed by atoms with E-state index < -0.39 is 0 Å². The lowest BCUT2D eigenvalue weighted by Gasteiger charge is -2.12. The van der Waals surface area contributed by atoms with E-state index in [0.717, 1.165) is 0 Å². The molecule has 0 fully saturated rings. The van der Waals surface area contributed by atoms with Gasteiger partial charge in [-0.15, -0.1) is 0 Å². The van der Waals surface area contributed by atoms with E-state index in [1.807, 2.05) is 0 Å². The van der Waals surface area contributed by atoms with Gasteiger partial charge in [-0.3, -0.25) is 0 Å². The van der Waals surface area contributed by atoms with Crippen molar-refractivity contribution in [2.45, 2.75) is 27.7 Å². The van der Waals surface area contributed by atoms with E-state index in [9.17, 15) is 0 Å². The molecule has 0 aliphatic heterocycles. The zero-order chi connectivity index (χ0) is 13.1. The fraction of sp³-hybridized carbons (Fsp3) is 0.222. The van der Waals surface area contributed by atoms with Gasteiger partial charge in [-0.2, -0.15) is 0 Å². The lowest BCUT2D eigenvalue weighted by Crippen LogP contribution is -1.91. The Hall–Kier alpha value is -1.82. The van der Waals surface area contributed by atoms with Crippen LogP contribution in [0.5, 0.6) is 0 Å². The van der Waals surface area contributed by atoms with Crippen molar-refractivity contribution in [3.05, 3.63) is 70.3 Å². The van der Waals surface area contributed by atoms with E-state index >= 15 is 0 Å². The predicted molar refractivity (Wildman–Crippen MR) is 81.4 cm³/mol. The van der Waals surface area contributed by atoms with Gasteiger partial charge in [0, 0.05) is 0 Å². The molecule has 1 aromatic rings. The molecule has 18 heavy (non-hydrogen) atoms. The largest absolute Gasteiger partial charge is 0.0841 e. The number of aryl methyl sites for hydroxylation is 1. The van der Waals surface area contributed by atoms with Gasteiger partial charge in [-0.25, -0.2) is 0 Å². The molecule has 0 atom stereocenters. The Morgan fingerprint density at radius 1 is 1.17 bits per heavy atom. The first-order valence-electron chi connectivity index (χ1n) is 6.43. The summed E-state index contributed by atoms with van der Waals surface area (Å²) < 4.78 is 0. The third-order valence-corrected chi connectivity index (χ3v) is 3.44. The second-order valence-electron chi connectivity index (χ2n) is 4.87. The van der Waals surface area contributed by atoms with Gasteiger partial charge in [0.25, 0.3) is 0 Å². The van der Waals surface area contributed by atoms with Gasteiger partial charge in [-0.05, 0) is 55.5 Å². The summed E-state index contributed by atoms with van der Waals surface area (Å²) in [4.78, 5) is 0. The quantitative estimate of drug-likeness (QED) is 0.619. The summed E-state index contributed by atoms with van der Waals surface area (Å²) in [6.07, 6.45) is 10.9. The van der Waals surface area contributed by atoms with Crippen molar-refractivity contribution in [3.63, 3.8) is 0 Å². The lowest BCUT2D eigenvalue weighted by molar-refractivity contribution is 1.37. The van der Waals surface area contributed by atoms with Crippen molar-refractivity contribution < 1.29 is 0 Å². The van der Waals surface area contributed by atoms with E-state index in [4.69, 9.17) is 0 Å². The molecule has 0 amide bonds. The molecule has 0 radical (unpaired) electrons. The molecular weight excluding hydrogens is 216 g/mol. The molecule has 92 valence electrons. The van der Waals surface area contributed by atoms with Gasteiger partial charge >= 0.3 is 0 Å². The van der Waals surface area contributed by atoms with E-state index in [-0.39, 0.29) is 0 Å². The zero-order valence-corrected chi connectivity index (χ0v) is 11.6. The standard InChI is InChI=1S/C18H20/c1-5-14(3)16-7-6-8-17-11-13(2)9-10-18(17)15(4)12-16/h5-12H,1-4H3/b7-6?,8-6+,14-5+,15-12-,16-7+,16-12?,17-8?,18-15?. The molecule has 0 heteroatoms. The molecule has 1 aliphatic rings. The van der Waals surface area contributed by atoms with E-state index in [0.29, 0.717) is 0 Å². The Bertz CT molecular complexity index is 578. The normalized spacial score (nSPS) is 23.0. The summed E-state index contributed by atoms with van der Waals surface area (Å²) in [5, 5.41) is 0. The molecule has 0 unspecified atom stereocenters. The minimum atomic E-state index is 1.29. The average Bonchev–Trinajstić information content (AvgIpc) is 2.34. The summed E-state index contributed by atoms with van der Waals surface area (Å²) >= 11 is 0. The van der Waals surface area contributed by atoms with Crippen molar-refractivity contribution in [3.8, 4) is 0 Å². The van der Waals surface area contributed by atoms with Crippen LogP contribution in [0.3, 0.4) is 0 Å². The van der Waals surface area contributed by atoms with Crippen molar-refractivity contribution in [2.24, 2.45) is 0 Å². The van der Waals surface area contributed by atoms with Crippen LogP contribution < -0.4 is 0 Å². The highest BCUT2D eigenvalue weighted by Gasteiger charge is 2.06. The molecule has 0 saturated heterocycles. The minimum absolute atomic E-state index is 1.29. The molecule has 0 heterocycles. The second-order valence-corrected chi connectivity index (χ2v) is 4.87. The van der Waals surface area contributed by atoms with E-state index in [1.165, 1.54) is 33.4 Å². The molecule has 0 aromatic heterocycles. The van der Waals surface area contributed by atoms with Gasteiger partial charge in [0.1, 0.15) is 0 Å². The highest BCUT2D eigenvalue weighted by Crippen LogP contribution is 2.26.